The fraction of sp³-hybridized carbons (Fsp3) is 0.500. The Hall–Kier alpha value is -0.670. The smallest absolute Gasteiger partial charge is 0.0903 e. The summed E-state index contributed by atoms with van der Waals surface area (Å²) in [6, 6.07) is 0.418. The maximum atomic E-state index is 4.36. The maximum Gasteiger partial charge on any atom is 0.0903 e. The Kier molecular flexibility index (Phi) is 3.63. The molecule has 1 heterocycles. The van der Waals surface area contributed by atoms with Crippen molar-refractivity contribution in [2.24, 2.45) is 0 Å². The Morgan fingerprint density at radius 2 is 2.15 bits per heavy atom. The quantitative estimate of drug-likeness (QED) is 0.803. The van der Waals surface area contributed by atoms with Gasteiger partial charge in [-0.25, -0.2) is 4.98 Å². The van der Waals surface area contributed by atoms with Crippen LogP contribution in [0.1, 0.15) is 22.5 Å². The fourth-order valence-corrected chi connectivity index (χ4v) is 1.87. The van der Waals surface area contributed by atoms with E-state index in [-0.39, 0.29) is 0 Å². The summed E-state index contributed by atoms with van der Waals surface area (Å²) in [5.41, 5.74) is 1.13. The number of nitrogens with zero attached hydrogens (tertiary/aromatic N) is 1. The van der Waals surface area contributed by atoms with Crippen LogP contribution in [0, 0.1) is 13.8 Å². The highest BCUT2D eigenvalue weighted by Crippen LogP contribution is 2.18. The van der Waals surface area contributed by atoms with Crippen molar-refractivity contribution in [3.8, 4) is 0 Å². The number of rotatable bonds is 3. The predicted octanol–water partition coefficient (Wildman–Crippen LogP) is 2.38. The first-order chi connectivity index (χ1) is 6.13. The van der Waals surface area contributed by atoms with Crippen molar-refractivity contribution < 1.29 is 0 Å². The van der Waals surface area contributed by atoms with Gasteiger partial charge in [0.1, 0.15) is 0 Å². The van der Waals surface area contributed by atoms with Gasteiger partial charge in [-0.3, -0.25) is 0 Å². The molecule has 1 aromatic heterocycles. The molecule has 1 N–H and O–H groups in total. The van der Waals surface area contributed by atoms with E-state index in [0.29, 0.717) is 6.04 Å². The third-order valence-electron chi connectivity index (χ3n) is 1.93. The number of aryl methyl sites for hydroxylation is 2. The fourth-order valence-electron chi connectivity index (χ4n) is 1.03. The van der Waals surface area contributed by atoms with Gasteiger partial charge in [0.2, 0.25) is 0 Å². The van der Waals surface area contributed by atoms with Crippen LogP contribution < -0.4 is 5.32 Å². The van der Waals surface area contributed by atoms with Gasteiger partial charge in [-0.2, -0.15) is 0 Å². The molecule has 0 fully saturated rings. The second-order valence-corrected chi connectivity index (χ2v) is 4.35. The standard InChI is InChI=1S/C10H16N2S/c1-7(11-4)5-6-10-8(2)12-9(3)13-10/h5-7,11H,1-4H3/b6-5+. The van der Waals surface area contributed by atoms with Crippen molar-refractivity contribution >= 4 is 17.4 Å². The summed E-state index contributed by atoms with van der Waals surface area (Å²) < 4.78 is 0. The first-order valence-electron chi connectivity index (χ1n) is 4.43. The number of nitrogens with one attached hydrogen (secondary N) is 1. The van der Waals surface area contributed by atoms with Gasteiger partial charge in [-0.1, -0.05) is 6.08 Å². The normalized spacial score (nSPS) is 13.8. The Bertz CT molecular complexity index is 302. The number of aromatic nitrogens is 1. The van der Waals surface area contributed by atoms with Crippen molar-refractivity contribution in [2.75, 3.05) is 7.05 Å². The van der Waals surface area contributed by atoms with Crippen LogP contribution in [-0.4, -0.2) is 18.1 Å². The van der Waals surface area contributed by atoms with Gasteiger partial charge in [-0.15, -0.1) is 11.3 Å². The Morgan fingerprint density at radius 3 is 2.62 bits per heavy atom. The number of hydrogen-bond acceptors (Lipinski definition) is 3. The highest BCUT2D eigenvalue weighted by atomic mass is 32.1. The first-order valence-corrected chi connectivity index (χ1v) is 5.24. The van der Waals surface area contributed by atoms with Gasteiger partial charge in [0.15, 0.2) is 0 Å². The van der Waals surface area contributed by atoms with Gasteiger partial charge in [0.05, 0.1) is 10.7 Å². The second kappa shape index (κ2) is 4.53. The van der Waals surface area contributed by atoms with E-state index in [0.717, 1.165) is 10.7 Å². The highest BCUT2D eigenvalue weighted by Gasteiger charge is 2.00. The van der Waals surface area contributed by atoms with Gasteiger partial charge in [0.25, 0.3) is 0 Å². The lowest BCUT2D eigenvalue weighted by Crippen LogP contribution is -2.17. The molecule has 0 aromatic carbocycles. The molecule has 13 heavy (non-hydrogen) atoms. The zero-order valence-electron chi connectivity index (χ0n) is 8.59. The van der Waals surface area contributed by atoms with E-state index in [1.54, 1.807) is 11.3 Å². The minimum atomic E-state index is 0.418. The molecule has 0 spiro atoms. The van der Waals surface area contributed by atoms with Crippen LogP contribution >= 0.6 is 11.3 Å². The number of likely N-dealkylation sites (N-methyl/N-ethyl adjacent to an activating group) is 1. The summed E-state index contributed by atoms with van der Waals surface area (Å²) in [6.07, 6.45) is 4.29. The molecule has 0 bridgehead atoms. The summed E-state index contributed by atoms with van der Waals surface area (Å²) in [4.78, 5) is 5.63. The number of thiazole rings is 1. The lowest BCUT2D eigenvalue weighted by atomic mass is 10.3. The van der Waals surface area contributed by atoms with Gasteiger partial charge in [-0.05, 0) is 33.9 Å². The third-order valence-corrected chi connectivity index (χ3v) is 2.97. The molecule has 0 radical (unpaired) electrons. The molecule has 0 amide bonds. The minimum absolute atomic E-state index is 0.418. The summed E-state index contributed by atoms with van der Waals surface area (Å²) >= 11 is 1.74. The van der Waals surface area contributed by atoms with Crippen LogP contribution in [0.2, 0.25) is 0 Å². The monoisotopic (exact) mass is 196 g/mol. The van der Waals surface area contributed by atoms with Crippen LogP contribution in [-0.2, 0) is 0 Å². The van der Waals surface area contributed by atoms with Crippen molar-refractivity contribution in [3.05, 3.63) is 21.7 Å². The van der Waals surface area contributed by atoms with Crippen LogP contribution in [0.3, 0.4) is 0 Å². The van der Waals surface area contributed by atoms with Crippen molar-refractivity contribution in [1.82, 2.24) is 10.3 Å². The molecular formula is C10H16N2S. The van der Waals surface area contributed by atoms with Crippen LogP contribution in [0.25, 0.3) is 6.08 Å². The van der Waals surface area contributed by atoms with Gasteiger partial charge >= 0.3 is 0 Å². The molecule has 0 saturated carbocycles. The van der Waals surface area contributed by atoms with Gasteiger partial charge in [0, 0.05) is 10.9 Å². The van der Waals surface area contributed by atoms with Crippen molar-refractivity contribution in [1.29, 1.82) is 0 Å². The molecule has 0 aliphatic heterocycles. The summed E-state index contributed by atoms with van der Waals surface area (Å²) in [5, 5.41) is 4.29. The predicted molar refractivity (Wildman–Crippen MR) is 59.1 cm³/mol. The molecular weight excluding hydrogens is 180 g/mol. The van der Waals surface area contributed by atoms with Crippen LogP contribution in [0.5, 0.6) is 0 Å². The van der Waals surface area contributed by atoms with E-state index in [9.17, 15) is 0 Å². The SMILES string of the molecule is CNC(C)/C=C/c1sc(C)nc1C. The topological polar surface area (TPSA) is 24.9 Å². The lowest BCUT2D eigenvalue weighted by Gasteiger charge is -2.01. The molecule has 2 nitrogen and oxygen atoms in total. The molecule has 1 rings (SSSR count). The number of hydrogen-bond donors (Lipinski definition) is 1. The van der Waals surface area contributed by atoms with Gasteiger partial charge < -0.3 is 5.32 Å². The average molecular weight is 196 g/mol. The molecule has 0 saturated heterocycles. The molecule has 1 aromatic rings. The largest absolute Gasteiger partial charge is 0.314 e. The first kappa shape index (κ1) is 10.4. The van der Waals surface area contributed by atoms with Crippen molar-refractivity contribution in [2.45, 2.75) is 26.8 Å². The highest BCUT2D eigenvalue weighted by molar-refractivity contribution is 7.12. The summed E-state index contributed by atoms with van der Waals surface area (Å²) in [6.45, 7) is 6.21. The Labute approximate surface area is 83.7 Å². The lowest BCUT2D eigenvalue weighted by molar-refractivity contribution is 0.731. The molecule has 3 heteroatoms. The Morgan fingerprint density at radius 1 is 1.46 bits per heavy atom. The van der Waals surface area contributed by atoms with E-state index in [1.165, 1.54) is 4.88 Å². The molecule has 1 atom stereocenters. The molecule has 0 aliphatic carbocycles. The van der Waals surface area contributed by atoms with Crippen molar-refractivity contribution in [3.63, 3.8) is 0 Å². The van der Waals surface area contributed by atoms with E-state index in [2.05, 4.69) is 29.4 Å². The average Bonchev–Trinajstić information content (AvgIpc) is 2.41. The third kappa shape index (κ3) is 2.94. The van der Waals surface area contributed by atoms with E-state index in [4.69, 9.17) is 0 Å². The summed E-state index contributed by atoms with van der Waals surface area (Å²) in [7, 11) is 1.96. The molecule has 1 unspecified atom stereocenters. The minimum Gasteiger partial charge on any atom is -0.314 e. The van der Waals surface area contributed by atoms with E-state index < -0.39 is 0 Å². The Balaban J connectivity index is 2.73. The van der Waals surface area contributed by atoms with E-state index >= 15 is 0 Å². The molecule has 0 aliphatic rings. The van der Waals surface area contributed by atoms with Crippen LogP contribution in [0.4, 0.5) is 0 Å². The van der Waals surface area contributed by atoms with Crippen LogP contribution in [0.15, 0.2) is 6.08 Å². The zero-order chi connectivity index (χ0) is 9.84. The maximum absolute atomic E-state index is 4.36. The van der Waals surface area contributed by atoms with E-state index in [1.807, 2.05) is 20.9 Å². The molecule has 72 valence electrons. The zero-order valence-corrected chi connectivity index (χ0v) is 9.40. The summed E-state index contributed by atoms with van der Waals surface area (Å²) in [5.74, 6) is 0. The second-order valence-electron chi connectivity index (χ2n) is 3.12.